The number of aliphatic hydroxyl groups is 1. The third-order valence-electron chi connectivity index (χ3n) is 7.10. The molecule has 212 valence electrons. The highest BCUT2D eigenvalue weighted by molar-refractivity contribution is 7.84. The summed E-state index contributed by atoms with van der Waals surface area (Å²) in [4.78, 5) is 26.6. The van der Waals surface area contributed by atoms with Crippen molar-refractivity contribution in [1.29, 1.82) is 0 Å². The second-order valence-corrected chi connectivity index (χ2v) is 13.3. The Labute approximate surface area is 243 Å². The minimum absolute atomic E-state index is 0.0612. The number of carbonyl (C=O) groups is 1. The average Bonchev–Trinajstić information content (AvgIpc) is 3.35. The zero-order valence-corrected chi connectivity index (χ0v) is 24.4. The summed E-state index contributed by atoms with van der Waals surface area (Å²) in [6, 6.07) is 17.3. The molecule has 0 bridgehead atoms. The molecule has 41 heavy (non-hydrogen) atoms. The van der Waals surface area contributed by atoms with Crippen LogP contribution in [0.4, 0.5) is 0 Å². The van der Waals surface area contributed by atoms with Gasteiger partial charge in [0.1, 0.15) is 16.7 Å². The quantitative estimate of drug-likeness (QED) is 0.298. The van der Waals surface area contributed by atoms with Crippen LogP contribution in [-0.2, 0) is 24.0 Å². The monoisotopic (exact) mass is 569 g/mol. The first-order valence-corrected chi connectivity index (χ1v) is 14.9. The van der Waals surface area contributed by atoms with Crippen LogP contribution in [-0.4, -0.2) is 52.4 Å². The third-order valence-corrected chi connectivity index (χ3v) is 8.96. The number of aliphatic hydroxyl groups excluding tert-OH is 1. The Kier molecular flexibility index (Phi) is 8.68. The smallest absolute Gasteiger partial charge is 0.269 e. The molecule has 0 radical (unpaired) electrons. The first kappa shape index (κ1) is 28.7. The number of aromatic nitrogens is 3. The topological polar surface area (TPSA) is 108 Å². The number of hydrogen-bond acceptors (Lipinski definition) is 6. The third kappa shape index (κ3) is 6.43. The molecule has 0 saturated carbocycles. The van der Waals surface area contributed by atoms with Crippen LogP contribution in [0.15, 0.2) is 79.4 Å². The van der Waals surface area contributed by atoms with Gasteiger partial charge in [0.05, 0.1) is 16.5 Å². The first-order chi connectivity index (χ1) is 19.8. The molecule has 1 aliphatic heterocycles. The van der Waals surface area contributed by atoms with E-state index in [0.29, 0.717) is 37.3 Å². The maximum absolute atomic E-state index is 13.6. The molecule has 4 aromatic rings. The van der Waals surface area contributed by atoms with E-state index in [-0.39, 0.29) is 18.6 Å². The minimum Gasteiger partial charge on any atom is -0.396 e. The van der Waals surface area contributed by atoms with Gasteiger partial charge in [-0.25, -0.2) is 13.5 Å². The Hall–Kier alpha value is -3.79. The number of carbonyl (C=O) groups excluding carboxylic acids is 1. The standard InChI is InChI=1S/C32H35N5O3S/c1-32(2,3)41(40)37-21-26-19-27(31(39)35-16-11-22-9-14-33-15-10-22)36-30(29(26)28(37)12-17-38)24-7-4-6-23(18-24)25-8-5-13-34-20-25/h4-10,13-15,18-20,28,38H,11-12,16-17,21H2,1-3H3,(H,35,39)/t28-,41-/m1/s1. The summed E-state index contributed by atoms with van der Waals surface area (Å²) in [6.45, 7) is 6.63. The van der Waals surface area contributed by atoms with Crippen molar-refractivity contribution in [3.05, 3.63) is 102 Å². The second kappa shape index (κ2) is 12.4. The molecule has 5 rings (SSSR count). The van der Waals surface area contributed by atoms with Gasteiger partial charge >= 0.3 is 0 Å². The first-order valence-electron chi connectivity index (χ1n) is 13.8. The van der Waals surface area contributed by atoms with E-state index in [0.717, 1.165) is 33.4 Å². The molecule has 0 fully saturated rings. The van der Waals surface area contributed by atoms with Crippen molar-refractivity contribution in [1.82, 2.24) is 24.6 Å². The number of pyridine rings is 3. The highest BCUT2D eigenvalue weighted by Gasteiger charge is 2.40. The molecule has 4 heterocycles. The Bertz CT molecular complexity index is 1540. The molecule has 0 aliphatic carbocycles. The fourth-order valence-electron chi connectivity index (χ4n) is 5.15. The van der Waals surface area contributed by atoms with Gasteiger partial charge in [0.25, 0.3) is 5.91 Å². The van der Waals surface area contributed by atoms with Gasteiger partial charge in [0.2, 0.25) is 0 Å². The molecule has 8 nitrogen and oxygen atoms in total. The van der Waals surface area contributed by atoms with Gasteiger partial charge in [-0.2, -0.15) is 0 Å². The van der Waals surface area contributed by atoms with Crippen LogP contribution in [0, 0.1) is 0 Å². The predicted molar refractivity (Wildman–Crippen MR) is 161 cm³/mol. The van der Waals surface area contributed by atoms with Crippen molar-refractivity contribution in [2.45, 2.75) is 50.9 Å². The fraction of sp³-hybridized carbons (Fsp3) is 0.312. The maximum atomic E-state index is 13.6. The zero-order chi connectivity index (χ0) is 29.0. The van der Waals surface area contributed by atoms with Crippen LogP contribution in [0.1, 0.15) is 60.4 Å². The normalized spacial score (nSPS) is 15.9. The number of amides is 1. The SMILES string of the molecule is CC(C)(C)[S@@](=O)N1Cc2cc(C(=O)NCCc3ccncc3)nc(-c3cccc(-c4cccnc4)c3)c2[C@H]1CCO. The van der Waals surface area contributed by atoms with Crippen LogP contribution < -0.4 is 5.32 Å². The van der Waals surface area contributed by atoms with Crippen LogP contribution in [0.25, 0.3) is 22.4 Å². The van der Waals surface area contributed by atoms with E-state index in [2.05, 4.69) is 15.3 Å². The predicted octanol–water partition coefficient (Wildman–Crippen LogP) is 4.88. The number of benzene rings is 1. The minimum atomic E-state index is -1.33. The zero-order valence-electron chi connectivity index (χ0n) is 23.6. The lowest BCUT2D eigenvalue weighted by Crippen LogP contribution is -2.36. The molecule has 0 unspecified atom stereocenters. The summed E-state index contributed by atoms with van der Waals surface area (Å²) in [5.74, 6) is -0.263. The lowest BCUT2D eigenvalue weighted by atomic mass is 9.94. The number of hydrogen-bond donors (Lipinski definition) is 2. The van der Waals surface area contributed by atoms with Gasteiger partial charge in [-0.3, -0.25) is 14.8 Å². The number of fused-ring (bicyclic) bond motifs is 1. The lowest BCUT2D eigenvalue weighted by molar-refractivity contribution is 0.0949. The highest BCUT2D eigenvalue weighted by atomic mass is 32.2. The van der Waals surface area contributed by atoms with Gasteiger partial charge in [0.15, 0.2) is 0 Å². The molecule has 0 saturated heterocycles. The van der Waals surface area contributed by atoms with Crippen molar-refractivity contribution in [3.8, 4) is 22.4 Å². The van der Waals surface area contributed by atoms with Crippen LogP contribution in [0.5, 0.6) is 0 Å². The summed E-state index contributed by atoms with van der Waals surface area (Å²) in [6.07, 6.45) is 8.11. The highest BCUT2D eigenvalue weighted by Crippen LogP contribution is 2.44. The molecule has 9 heteroatoms. The molecular formula is C32H35N5O3S. The molecular weight excluding hydrogens is 534 g/mol. The molecule has 2 N–H and O–H groups in total. The number of rotatable bonds is 9. The van der Waals surface area contributed by atoms with Crippen molar-refractivity contribution < 1.29 is 14.1 Å². The van der Waals surface area contributed by atoms with E-state index < -0.39 is 15.7 Å². The van der Waals surface area contributed by atoms with Gasteiger partial charge in [-0.1, -0.05) is 24.3 Å². The summed E-state index contributed by atoms with van der Waals surface area (Å²) in [7, 11) is -1.33. The van der Waals surface area contributed by atoms with E-state index in [4.69, 9.17) is 4.98 Å². The summed E-state index contributed by atoms with van der Waals surface area (Å²) in [5.41, 5.74) is 6.67. The molecule has 1 aliphatic rings. The van der Waals surface area contributed by atoms with Crippen molar-refractivity contribution in [2.24, 2.45) is 0 Å². The molecule has 2 atom stereocenters. The van der Waals surface area contributed by atoms with Gasteiger partial charge in [0, 0.05) is 61.2 Å². The lowest BCUT2D eigenvalue weighted by Gasteiger charge is -2.30. The largest absolute Gasteiger partial charge is 0.396 e. The van der Waals surface area contributed by atoms with Crippen LogP contribution in [0.2, 0.25) is 0 Å². The van der Waals surface area contributed by atoms with Gasteiger partial charge in [-0.15, -0.1) is 0 Å². The van der Waals surface area contributed by atoms with E-state index in [1.165, 1.54) is 0 Å². The van der Waals surface area contributed by atoms with Crippen molar-refractivity contribution in [2.75, 3.05) is 13.2 Å². The Morgan fingerprint density at radius 1 is 1.02 bits per heavy atom. The molecule has 0 spiro atoms. The van der Waals surface area contributed by atoms with E-state index in [1.807, 2.05) is 85.9 Å². The Morgan fingerprint density at radius 3 is 2.49 bits per heavy atom. The maximum Gasteiger partial charge on any atom is 0.269 e. The van der Waals surface area contributed by atoms with Crippen LogP contribution >= 0.6 is 0 Å². The Balaban J connectivity index is 1.56. The molecule has 1 amide bonds. The number of nitrogens with zero attached hydrogens (tertiary/aromatic N) is 4. The Morgan fingerprint density at radius 2 is 1.78 bits per heavy atom. The molecule has 1 aromatic carbocycles. The number of nitrogens with one attached hydrogen (secondary N) is 1. The summed E-state index contributed by atoms with van der Waals surface area (Å²) >= 11 is 0. The summed E-state index contributed by atoms with van der Waals surface area (Å²) in [5, 5.41) is 13.0. The van der Waals surface area contributed by atoms with E-state index >= 15 is 0 Å². The van der Waals surface area contributed by atoms with E-state index in [9.17, 15) is 14.1 Å². The van der Waals surface area contributed by atoms with E-state index in [1.54, 1.807) is 18.6 Å². The summed E-state index contributed by atoms with van der Waals surface area (Å²) < 4.78 is 15.1. The van der Waals surface area contributed by atoms with Crippen LogP contribution in [0.3, 0.4) is 0 Å². The van der Waals surface area contributed by atoms with Gasteiger partial charge < -0.3 is 10.4 Å². The van der Waals surface area contributed by atoms with Crippen molar-refractivity contribution >= 4 is 16.9 Å². The fourth-order valence-corrected chi connectivity index (χ4v) is 6.55. The van der Waals surface area contributed by atoms with Gasteiger partial charge in [-0.05, 0) is 80.6 Å². The van der Waals surface area contributed by atoms with Crippen molar-refractivity contribution in [3.63, 3.8) is 0 Å². The average molecular weight is 570 g/mol. The molecule has 3 aromatic heterocycles. The second-order valence-electron chi connectivity index (χ2n) is 11.1.